The average molecular weight is 449 g/mol. The first-order chi connectivity index (χ1) is 9.10. The minimum Gasteiger partial charge on any atom is -0.496 e. The SMILES string of the molecule is COc1ccccc1CC(Br)c1cc(Br)cc(Br)c1. The van der Waals surface area contributed by atoms with Crippen LogP contribution < -0.4 is 4.74 Å². The van der Waals surface area contributed by atoms with Gasteiger partial charge in [0.1, 0.15) is 5.75 Å². The molecule has 0 N–H and O–H groups in total. The first kappa shape index (κ1) is 15.1. The largest absolute Gasteiger partial charge is 0.496 e. The van der Waals surface area contributed by atoms with Gasteiger partial charge in [-0.1, -0.05) is 66.0 Å². The van der Waals surface area contributed by atoms with E-state index in [4.69, 9.17) is 4.74 Å². The fraction of sp³-hybridized carbons (Fsp3) is 0.200. The first-order valence-corrected chi connectivity index (χ1v) is 8.32. The van der Waals surface area contributed by atoms with E-state index in [9.17, 15) is 0 Å². The van der Waals surface area contributed by atoms with Crippen LogP contribution in [0.15, 0.2) is 51.4 Å². The number of hydrogen-bond acceptors (Lipinski definition) is 1. The molecule has 1 atom stereocenters. The zero-order valence-corrected chi connectivity index (χ0v) is 15.1. The van der Waals surface area contributed by atoms with Crippen LogP contribution in [-0.2, 0) is 6.42 Å². The molecule has 0 aliphatic heterocycles. The lowest BCUT2D eigenvalue weighted by Gasteiger charge is -2.14. The Balaban J connectivity index is 2.22. The van der Waals surface area contributed by atoms with Gasteiger partial charge in [-0.3, -0.25) is 0 Å². The first-order valence-electron chi connectivity index (χ1n) is 5.82. The molecule has 0 aromatic heterocycles. The zero-order chi connectivity index (χ0) is 13.8. The Bertz CT molecular complexity index is 549. The smallest absolute Gasteiger partial charge is 0.122 e. The predicted molar refractivity (Wildman–Crippen MR) is 90.2 cm³/mol. The molecule has 19 heavy (non-hydrogen) atoms. The number of hydrogen-bond donors (Lipinski definition) is 0. The molecule has 0 spiro atoms. The van der Waals surface area contributed by atoms with Crippen molar-refractivity contribution in [1.82, 2.24) is 0 Å². The molecule has 100 valence electrons. The van der Waals surface area contributed by atoms with Gasteiger partial charge in [-0.2, -0.15) is 0 Å². The highest BCUT2D eigenvalue weighted by atomic mass is 79.9. The average Bonchev–Trinajstić information content (AvgIpc) is 2.38. The molecule has 0 radical (unpaired) electrons. The number of benzene rings is 2. The van der Waals surface area contributed by atoms with Crippen LogP contribution in [0.1, 0.15) is 16.0 Å². The maximum absolute atomic E-state index is 5.39. The van der Waals surface area contributed by atoms with Crippen molar-refractivity contribution >= 4 is 47.8 Å². The molecule has 0 fully saturated rings. The van der Waals surface area contributed by atoms with Crippen LogP contribution in [0.3, 0.4) is 0 Å². The number of rotatable bonds is 4. The van der Waals surface area contributed by atoms with Gasteiger partial charge in [-0.25, -0.2) is 0 Å². The van der Waals surface area contributed by atoms with Gasteiger partial charge in [0, 0.05) is 13.8 Å². The maximum Gasteiger partial charge on any atom is 0.122 e. The minimum atomic E-state index is 0.248. The number of methoxy groups -OCH3 is 1. The van der Waals surface area contributed by atoms with E-state index in [1.165, 1.54) is 11.1 Å². The summed E-state index contributed by atoms with van der Waals surface area (Å²) in [5, 5.41) is 0. The van der Waals surface area contributed by atoms with Gasteiger partial charge in [0.15, 0.2) is 0 Å². The summed E-state index contributed by atoms with van der Waals surface area (Å²) in [7, 11) is 1.71. The molecule has 0 aliphatic carbocycles. The van der Waals surface area contributed by atoms with Crippen molar-refractivity contribution < 1.29 is 4.74 Å². The fourth-order valence-electron chi connectivity index (χ4n) is 1.94. The summed E-state index contributed by atoms with van der Waals surface area (Å²) in [5.74, 6) is 0.931. The molecule has 0 saturated heterocycles. The van der Waals surface area contributed by atoms with Crippen molar-refractivity contribution in [3.8, 4) is 5.75 Å². The van der Waals surface area contributed by atoms with E-state index in [1.54, 1.807) is 7.11 Å². The molecule has 2 aromatic carbocycles. The Labute approximate surface area is 138 Å². The van der Waals surface area contributed by atoms with Crippen LogP contribution in [0.5, 0.6) is 5.75 Å². The van der Waals surface area contributed by atoms with E-state index < -0.39 is 0 Å². The Hall–Kier alpha value is -0.320. The molecule has 2 rings (SSSR count). The highest BCUT2D eigenvalue weighted by Gasteiger charge is 2.12. The van der Waals surface area contributed by atoms with Crippen LogP contribution in [-0.4, -0.2) is 7.11 Å². The van der Waals surface area contributed by atoms with Crippen LogP contribution in [0, 0.1) is 0 Å². The summed E-state index contributed by atoms with van der Waals surface area (Å²) >= 11 is 10.8. The summed E-state index contributed by atoms with van der Waals surface area (Å²) in [4.78, 5) is 0.248. The molecule has 0 saturated carbocycles. The molecular formula is C15H13Br3O. The van der Waals surface area contributed by atoms with Gasteiger partial charge in [0.2, 0.25) is 0 Å². The van der Waals surface area contributed by atoms with Crippen molar-refractivity contribution in [3.63, 3.8) is 0 Å². The second-order valence-electron chi connectivity index (χ2n) is 4.19. The number of ether oxygens (including phenoxy) is 1. The molecule has 2 aromatic rings. The van der Waals surface area contributed by atoms with Gasteiger partial charge in [0.05, 0.1) is 7.11 Å². The zero-order valence-electron chi connectivity index (χ0n) is 10.4. The Morgan fingerprint density at radius 3 is 2.32 bits per heavy atom. The van der Waals surface area contributed by atoms with E-state index in [0.29, 0.717) is 0 Å². The molecular weight excluding hydrogens is 436 g/mol. The van der Waals surface area contributed by atoms with Gasteiger partial charge in [-0.15, -0.1) is 0 Å². The van der Waals surface area contributed by atoms with E-state index in [-0.39, 0.29) is 4.83 Å². The summed E-state index contributed by atoms with van der Waals surface area (Å²) in [5.41, 5.74) is 2.43. The normalized spacial score (nSPS) is 12.2. The minimum absolute atomic E-state index is 0.248. The number of halogens is 3. The summed E-state index contributed by atoms with van der Waals surface area (Å²) in [6.07, 6.45) is 0.882. The second-order valence-corrected chi connectivity index (χ2v) is 7.12. The lowest BCUT2D eigenvalue weighted by molar-refractivity contribution is 0.409. The second kappa shape index (κ2) is 6.91. The predicted octanol–water partition coefficient (Wildman–Crippen LogP) is 5.90. The van der Waals surface area contributed by atoms with E-state index in [2.05, 4.69) is 66.0 Å². The Kier molecular flexibility index (Phi) is 5.48. The van der Waals surface area contributed by atoms with E-state index in [1.807, 2.05) is 24.3 Å². The van der Waals surface area contributed by atoms with Gasteiger partial charge in [0.25, 0.3) is 0 Å². The standard InChI is InChI=1S/C15H13Br3O/c1-19-15-5-3-2-4-10(15)8-14(18)11-6-12(16)9-13(17)7-11/h2-7,9,14H,8H2,1H3. The monoisotopic (exact) mass is 446 g/mol. The lowest BCUT2D eigenvalue weighted by Crippen LogP contribution is -1.98. The van der Waals surface area contributed by atoms with Gasteiger partial charge >= 0.3 is 0 Å². The third-order valence-electron chi connectivity index (χ3n) is 2.84. The highest BCUT2D eigenvalue weighted by Crippen LogP contribution is 2.33. The molecule has 1 unspecified atom stereocenters. The molecule has 0 bridgehead atoms. The Morgan fingerprint density at radius 2 is 1.68 bits per heavy atom. The van der Waals surface area contributed by atoms with Crippen molar-refractivity contribution in [3.05, 3.63) is 62.5 Å². The van der Waals surface area contributed by atoms with Crippen LogP contribution in [0.25, 0.3) is 0 Å². The van der Waals surface area contributed by atoms with Crippen molar-refractivity contribution in [2.24, 2.45) is 0 Å². The van der Waals surface area contributed by atoms with E-state index in [0.717, 1.165) is 21.1 Å². The number of alkyl halides is 1. The fourth-order valence-corrected chi connectivity index (χ4v) is 3.88. The summed E-state index contributed by atoms with van der Waals surface area (Å²) < 4.78 is 7.53. The molecule has 0 heterocycles. The van der Waals surface area contributed by atoms with Crippen LogP contribution >= 0.6 is 47.8 Å². The molecule has 0 amide bonds. The molecule has 4 heteroatoms. The molecule has 1 nitrogen and oxygen atoms in total. The number of para-hydroxylation sites is 1. The quantitative estimate of drug-likeness (QED) is 0.529. The highest BCUT2D eigenvalue weighted by molar-refractivity contribution is 9.11. The molecule has 0 aliphatic rings. The third kappa shape index (κ3) is 4.07. The summed E-state index contributed by atoms with van der Waals surface area (Å²) in [6.45, 7) is 0. The topological polar surface area (TPSA) is 9.23 Å². The Morgan fingerprint density at radius 1 is 1.05 bits per heavy atom. The van der Waals surface area contributed by atoms with Crippen molar-refractivity contribution in [1.29, 1.82) is 0 Å². The van der Waals surface area contributed by atoms with Crippen molar-refractivity contribution in [2.75, 3.05) is 7.11 Å². The maximum atomic E-state index is 5.39. The van der Waals surface area contributed by atoms with Crippen molar-refractivity contribution in [2.45, 2.75) is 11.2 Å². The van der Waals surface area contributed by atoms with Crippen LogP contribution in [0.4, 0.5) is 0 Å². The van der Waals surface area contributed by atoms with Crippen LogP contribution in [0.2, 0.25) is 0 Å². The lowest BCUT2D eigenvalue weighted by atomic mass is 10.0. The van der Waals surface area contributed by atoms with E-state index >= 15 is 0 Å². The van der Waals surface area contributed by atoms with Gasteiger partial charge < -0.3 is 4.74 Å². The third-order valence-corrected chi connectivity index (χ3v) is 4.61. The van der Waals surface area contributed by atoms with Gasteiger partial charge in [-0.05, 0) is 41.8 Å². The summed E-state index contributed by atoms with van der Waals surface area (Å²) in [6, 6.07) is 14.4.